The summed E-state index contributed by atoms with van der Waals surface area (Å²) < 4.78 is 26.6. The van der Waals surface area contributed by atoms with Crippen LogP contribution in [0.2, 0.25) is 5.02 Å². The van der Waals surface area contributed by atoms with E-state index in [1.807, 2.05) is 13.0 Å². The Balaban J connectivity index is 2.47. The van der Waals surface area contributed by atoms with Crippen LogP contribution in [0.3, 0.4) is 0 Å². The van der Waals surface area contributed by atoms with Crippen molar-refractivity contribution in [2.45, 2.75) is 30.8 Å². The van der Waals surface area contributed by atoms with E-state index in [9.17, 15) is 8.42 Å². The zero-order valence-corrected chi connectivity index (χ0v) is 12.7. The molecule has 1 aromatic rings. The summed E-state index contributed by atoms with van der Waals surface area (Å²) in [5.41, 5.74) is 6.26. The molecule has 5 nitrogen and oxygen atoms in total. The van der Waals surface area contributed by atoms with Crippen LogP contribution in [0, 0.1) is 17.2 Å². The summed E-state index contributed by atoms with van der Waals surface area (Å²) >= 11 is 5.98. The summed E-state index contributed by atoms with van der Waals surface area (Å²) in [6.45, 7) is 2.31. The molecule has 20 heavy (non-hydrogen) atoms. The number of hydrogen-bond donors (Lipinski definition) is 1. The lowest BCUT2D eigenvalue weighted by Gasteiger charge is -2.36. The standard InChI is InChI=1S/C13H16ClN3O2S/c1-9-3-2-6-17(13(9)16)20(18,19)12-7-10(8-15)4-5-11(12)14/h4-5,7,9,13H,2-3,6,16H2,1H3. The summed E-state index contributed by atoms with van der Waals surface area (Å²) in [4.78, 5) is -0.0530. The molecule has 108 valence electrons. The zero-order valence-electron chi connectivity index (χ0n) is 11.1. The van der Waals surface area contributed by atoms with Gasteiger partial charge in [-0.3, -0.25) is 0 Å². The van der Waals surface area contributed by atoms with Crippen molar-refractivity contribution in [3.05, 3.63) is 28.8 Å². The maximum Gasteiger partial charge on any atom is 0.245 e. The second kappa shape index (κ2) is 5.70. The fourth-order valence-corrected chi connectivity index (χ4v) is 4.50. The molecule has 0 amide bonds. The van der Waals surface area contributed by atoms with Gasteiger partial charge < -0.3 is 5.73 Å². The molecular weight excluding hydrogens is 298 g/mol. The number of hydrogen-bond acceptors (Lipinski definition) is 4. The molecule has 1 aliphatic heterocycles. The molecule has 0 radical (unpaired) electrons. The van der Waals surface area contributed by atoms with Gasteiger partial charge in [0.2, 0.25) is 10.0 Å². The first-order chi connectivity index (χ1) is 9.37. The molecule has 1 heterocycles. The Labute approximate surface area is 124 Å². The molecule has 1 aromatic carbocycles. The normalized spacial score (nSPS) is 24.3. The van der Waals surface area contributed by atoms with Crippen LogP contribution in [0.5, 0.6) is 0 Å². The van der Waals surface area contributed by atoms with Crippen molar-refractivity contribution in [2.24, 2.45) is 11.7 Å². The lowest BCUT2D eigenvalue weighted by molar-refractivity contribution is 0.192. The van der Waals surface area contributed by atoms with Gasteiger partial charge in [0.1, 0.15) is 4.90 Å². The maximum atomic E-state index is 12.7. The minimum atomic E-state index is -3.78. The minimum absolute atomic E-state index is 0.0530. The summed E-state index contributed by atoms with van der Waals surface area (Å²) in [7, 11) is -3.78. The van der Waals surface area contributed by atoms with Crippen molar-refractivity contribution in [2.75, 3.05) is 6.54 Å². The predicted octanol–water partition coefficient (Wildman–Crippen LogP) is 1.92. The Morgan fingerprint density at radius 2 is 2.20 bits per heavy atom. The van der Waals surface area contributed by atoms with Crippen molar-refractivity contribution in [3.8, 4) is 6.07 Å². The zero-order chi connectivity index (χ0) is 14.9. The number of rotatable bonds is 2. The molecule has 0 aliphatic carbocycles. The Morgan fingerprint density at radius 1 is 1.50 bits per heavy atom. The van der Waals surface area contributed by atoms with Gasteiger partial charge in [0.25, 0.3) is 0 Å². The fraction of sp³-hybridized carbons (Fsp3) is 0.462. The number of sulfonamides is 1. The number of halogens is 1. The van der Waals surface area contributed by atoms with Crippen LogP contribution in [-0.4, -0.2) is 25.4 Å². The Morgan fingerprint density at radius 3 is 2.85 bits per heavy atom. The number of benzene rings is 1. The van der Waals surface area contributed by atoms with E-state index in [-0.39, 0.29) is 21.4 Å². The molecule has 0 spiro atoms. The summed E-state index contributed by atoms with van der Waals surface area (Å²) in [6, 6.07) is 6.12. The highest BCUT2D eigenvalue weighted by atomic mass is 35.5. The Bertz CT molecular complexity index is 654. The molecule has 1 saturated heterocycles. The molecule has 1 fully saturated rings. The van der Waals surface area contributed by atoms with E-state index < -0.39 is 16.2 Å². The van der Waals surface area contributed by atoms with E-state index >= 15 is 0 Å². The van der Waals surface area contributed by atoms with E-state index in [0.29, 0.717) is 6.54 Å². The second-order valence-electron chi connectivity index (χ2n) is 4.98. The predicted molar refractivity (Wildman–Crippen MR) is 76.4 cm³/mol. The SMILES string of the molecule is CC1CCCN(S(=O)(=O)c2cc(C#N)ccc2Cl)C1N. The quantitative estimate of drug-likeness (QED) is 0.903. The number of nitrogens with zero attached hydrogens (tertiary/aromatic N) is 2. The third-order valence-electron chi connectivity index (χ3n) is 3.60. The van der Waals surface area contributed by atoms with E-state index in [4.69, 9.17) is 22.6 Å². The number of nitriles is 1. The van der Waals surface area contributed by atoms with E-state index in [2.05, 4.69) is 0 Å². The fourth-order valence-electron chi connectivity index (χ4n) is 2.35. The first-order valence-electron chi connectivity index (χ1n) is 6.35. The Hall–Kier alpha value is -1.13. The van der Waals surface area contributed by atoms with Crippen LogP contribution in [0.1, 0.15) is 25.3 Å². The highest BCUT2D eigenvalue weighted by molar-refractivity contribution is 7.89. The molecule has 2 atom stereocenters. The van der Waals surface area contributed by atoms with Crippen molar-refractivity contribution in [3.63, 3.8) is 0 Å². The second-order valence-corrected chi connectivity index (χ2v) is 7.25. The lowest BCUT2D eigenvalue weighted by atomic mass is 9.99. The van der Waals surface area contributed by atoms with Crippen LogP contribution in [0.25, 0.3) is 0 Å². The van der Waals surface area contributed by atoms with Crippen molar-refractivity contribution in [1.29, 1.82) is 5.26 Å². The maximum absolute atomic E-state index is 12.7. The van der Waals surface area contributed by atoms with Crippen LogP contribution in [0.15, 0.2) is 23.1 Å². The monoisotopic (exact) mass is 313 g/mol. The highest BCUT2D eigenvalue weighted by Crippen LogP contribution is 2.30. The van der Waals surface area contributed by atoms with E-state index in [1.54, 1.807) is 0 Å². The van der Waals surface area contributed by atoms with Crippen LogP contribution >= 0.6 is 11.6 Å². The summed E-state index contributed by atoms with van der Waals surface area (Å²) in [5.74, 6) is 0.0939. The summed E-state index contributed by atoms with van der Waals surface area (Å²) in [6.07, 6.45) is 1.11. The molecule has 0 saturated carbocycles. The number of piperidine rings is 1. The topological polar surface area (TPSA) is 87.2 Å². The van der Waals surface area contributed by atoms with Gasteiger partial charge in [-0.2, -0.15) is 9.57 Å². The van der Waals surface area contributed by atoms with Crippen molar-refractivity contribution in [1.82, 2.24) is 4.31 Å². The smallest absolute Gasteiger partial charge is 0.245 e. The van der Waals surface area contributed by atoms with E-state index in [1.165, 1.54) is 22.5 Å². The molecule has 2 unspecified atom stereocenters. The van der Waals surface area contributed by atoms with Crippen LogP contribution in [-0.2, 0) is 10.0 Å². The molecule has 1 aliphatic rings. The first kappa shape index (κ1) is 15.3. The third kappa shape index (κ3) is 2.67. The average Bonchev–Trinajstić information content (AvgIpc) is 2.42. The molecule has 0 aromatic heterocycles. The molecular formula is C13H16ClN3O2S. The third-order valence-corrected chi connectivity index (χ3v) is 5.98. The Kier molecular flexibility index (Phi) is 4.35. The van der Waals surface area contributed by atoms with Gasteiger partial charge in [0.15, 0.2) is 0 Å². The number of nitrogens with two attached hydrogens (primary N) is 1. The van der Waals surface area contributed by atoms with Gasteiger partial charge in [0.05, 0.1) is 22.8 Å². The largest absolute Gasteiger partial charge is 0.315 e. The van der Waals surface area contributed by atoms with Gasteiger partial charge in [0, 0.05) is 6.54 Å². The minimum Gasteiger partial charge on any atom is -0.315 e. The van der Waals surface area contributed by atoms with Crippen molar-refractivity contribution < 1.29 is 8.42 Å². The van der Waals surface area contributed by atoms with Gasteiger partial charge in [-0.15, -0.1) is 0 Å². The molecule has 2 N–H and O–H groups in total. The average molecular weight is 314 g/mol. The van der Waals surface area contributed by atoms with E-state index in [0.717, 1.165) is 12.8 Å². The van der Waals surface area contributed by atoms with Gasteiger partial charge in [-0.05, 0) is 37.0 Å². The molecule has 7 heteroatoms. The summed E-state index contributed by atoms with van der Waals surface area (Å²) in [5, 5.41) is 9.00. The molecule has 0 bridgehead atoms. The van der Waals surface area contributed by atoms with Crippen LogP contribution in [0.4, 0.5) is 0 Å². The van der Waals surface area contributed by atoms with Crippen LogP contribution < -0.4 is 5.73 Å². The van der Waals surface area contributed by atoms with Crippen molar-refractivity contribution >= 4 is 21.6 Å². The van der Waals surface area contributed by atoms with Gasteiger partial charge in [-0.1, -0.05) is 18.5 Å². The molecule has 2 rings (SSSR count). The van der Waals surface area contributed by atoms with Gasteiger partial charge >= 0.3 is 0 Å². The lowest BCUT2D eigenvalue weighted by Crippen LogP contribution is -2.52. The highest BCUT2D eigenvalue weighted by Gasteiger charge is 2.36. The van der Waals surface area contributed by atoms with Gasteiger partial charge in [-0.25, -0.2) is 8.42 Å². The first-order valence-corrected chi connectivity index (χ1v) is 8.17.